The van der Waals surface area contributed by atoms with Crippen LogP contribution < -0.4 is 0 Å². The van der Waals surface area contributed by atoms with E-state index in [0.29, 0.717) is 16.9 Å². The third kappa shape index (κ3) is 3.02. The highest BCUT2D eigenvalue weighted by molar-refractivity contribution is 6.30. The number of benzene rings is 1. The van der Waals surface area contributed by atoms with Crippen LogP contribution in [0.2, 0.25) is 5.02 Å². The van der Waals surface area contributed by atoms with Crippen LogP contribution in [-0.4, -0.2) is 5.11 Å². The second kappa shape index (κ2) is 5.41. The molecule has 0 spiro atoms. The van der Waals surface area contributed by atoms with Gasteiger partial charge < -0.3 is 5.11 Å². The van der Waals surface area contributed by atoms with Crippen molar-refractivity contribution >= 4 is 11.6 Å². The van der Waals surface area contributed by atoms with E-state index in [1.165, 1.54) is 6.42 Å². The molecule has 0 aliphatic heterocycles. The van der Waals surface area contributed by atoms with Crippen molar-refractivity contribution in [1.29, 1.82) is 0 Å². The number of hydrogen-bond acceptors (Lipinski definition) is 1. The predicted octanol–water partition coefficient (Wildman–Crippen LogP) is 4.45. The fourth-order valence-corrected chi connectivity index (χ4v) is 3.04. The maximum absolute atomic E-state index is 10.4. The molecule has 94 valence electrons. The monoisotopic (exact) mass is 252 g/mol. The molecular weight excluding hydrogens is 232 g/mol. The molecule has 1 aromatic rings. The highest BCUT2D eigenvalue weighted by Gasteiger charge is 2.29. The molecule has 0 aromatic heterocycles. The van der Waals surface area contributed by atoms with E-state index in [4.69, 9.17) is 11.6 Å². The molecule has 1 aliphatic rings. The lowest BCUT2D eigenvalue weighted by molar-refractivity contribution is 0.0561. The Kier molecular flexibility index (Phi) is 4.11. The molecule has 4 unspecified atom stereocenters. The first-order chi connectivity index (χ1) is 8.08. The van der Waals surface area contributed by atoms with Gasteiger partial charge in [0.05, 0.1) is 6.10 Å². The van der Waals surface area contributed by atoms with E-state index < -0.39 is 0 Å². The average Bonchev–Trinajstić information content (AvgIpc) is 2.32. The molecule has 0 heterocycles. The smallest absolute Gasteiger partial charge is 0.0818 e. The van der Waals surface area contributed by atoms with Crippen LogP contribution in [0.25, 0.3) is 0 Å². The van der Waals surface area contributed by atoms with Gasteiger partial charge in [0, 0.05) is 5.02 Å². The molecule has 1 aromatic carbocycles. The summed E-state index contributed by atoms with van der Waals surface area (Å²) in [7, 11) is 0. The Morgan fingerprint density at radius 3 is 2.65 bits per heavy atom. The van der Waals surface area contributed by atoms with Crippen molar-refractivity contribution < 1.29 is 5.11 Å². The number of halogens is 1. The van der Waals surface area contributed by atoms with Crippen molar-refractivity contribution in [3.63, 3.8) is 0 Å². The van der Waals surface area contributed by atoms with Crippen LogP contribution in [0.3, 0.4) is 0 Å². The second-order valence-electron chi connectivity index (χ2n) is 5.53. The zero-order valence-corrected chi connectivity index (χ0v) is 11.3. The van der Waals surface area contributed by atoms with Gasteiger partial charge in [-0.2, -0.15) is 0 Å². The van der Waals surface area contributed by atoms with Gasteiger partial charge in [-0.1, -0.05) is 44.0 Å². The molecule has 1 N–H and O–H groups in total. The van der Waals surface area contributed by atoms with E-state index in [1.54, 1.807) is 0 Å². The Labute approximate surface area is 109 Å². The Morgan fingerprint density at radius 2 is 2.00 bits per heavy atom. The van der Waals surface area contributed by atoms with E-state index in [2.05, 4.69) is 13.8 Å². The number of aliphatic hydroxyl groups is 1. The van der Waals surface area contributed by atoms with Crippen LogP contribution in [-0.2, 0) is 0 Å². The highest BCUT2D eigenvalue weighted by Crippen LogP contribution is 2.40. The first-order valence-electron chi connectivity index (χ1n) is 6.51. The van der Waals surface area contributed by atoms with Gasteiger partial charge in [0.2, 0.25) is 0 Å². The molecule has 0 radical (unpaired) electrons. The van der Waals surface area contributed by atoms with Crippen LogP contribution in [0.1, 0.15) is 44.8 Å². The minimum Gasteiger partial charge on any atom is -0.388 e. The Hall–Kier alpha value is -0.530. The minimum atomic E-state index is -0.358. The van der Waals surface area contributed by atoms with Crippen molar-refractivity contribution in [3.05, 3.63) is 34.9 Å². The summed E-state index contributed by atoms with van der Waals surface area (Å²) in [4.78, 5) is 0. The van der Waals surface area contributed by atoms with Crippen LogP contribution in [0.4, 0.5) is 0 Å². The summed E-state index contributed by atoms with van der Waals surface area (Å²) in [6, 6.07) is 7.62. The summed E-state index contributed by atoms with van der Waals surface area (Å²) in [6.45, 7) is 4.61. The molecule has 1 nitrogen and oxygen atoms in total. The average molecular weight is 253 g/mol. The lowest BCUT2D eigenvalue weighted by atomic mass is 9.73. The van der Waals surface area contributed by atoms with Crippen LogP contribution in [0.15, 0.2) is 24.3 Å². The van der Waals surface area contributed by atoms with Gasteiger partial charge in [0.1, 0.15) is 0 Å². The van der Waals surface area contributed by atoms with Crippen molar-refractivity contribution in [2.24, 2.45) is 17.8 Å². The van der Waals surface area contributed by atoms with Crippen molar-refractivity contribution in [3.8, 4) is 0 Å². The van der Waals surface area contributed by atoms with Gasteiger partial charge in [0.25, 0.3) is 0 Å². The van der Waals surface area contributed by atoms with E-state index in [0.717, 1.165) is 24.3 Å². The number of hydrogen-bond donors (Lipinski definition) is 1. The lowest BCUT2D eigenvalue weighted by Gasteiger charge is -2.34. The molecule has 1 aliphatic carbocycles. The maximum Gasteiger partial charge on any atom is 0.0818 e. The van der Waals surface area contributed by atoms with Gasteiger partial charge >= 0.3 is 0 Å². The maximum atomic E-state index is 10.4. The van der Waals surface area contributed by atoms with Crippen LogP contribution in [0.5, 0.6) is 0 Å². The first kappa shape index (κ1) is 12.9. The molecular formula is C15H21ClO. The summed E-state index contributed by atoms with van der Waals surface area (Å²) >= 11 is 5.97. The molecule has 0 bridgehead atoms. The summed E-state index contributed by atoms with van der Waals surface area (Å²) in [5.74, 6) is 1.89. The fraction of sp³-hybridized carbons (Fsp3) is 0.600. The number of aliphatic hydroxyl groups excluding tert-OH is 1. The van der Waals surface area contributed by atoms with Gasteiger partial charge in [-0.3, -0.25) is 0 Å². The largest absolute Gasteiger partial charge is 0.388 e. The van der Waals surface area contributed by atoms with Crippen LogP contribution in [0, 0.1) is 17.8 Å². The predicted molar refractivity (Wildman–Crippen MR) is 72.1 cm³/mol. The second-order valence-corrected chi connectivity index (χ2v) is 5.96. The zero-order valence-electron chi connectivity index (χ0n) is 10.6. The van der Waals surface area contributed by atoms with Gasteiger partial charge in [-0.15, -0.1) is 0 Å². The summed E-state index contributed by atoms with van der Waals surface area (Å²) in [6.07, 6.45) is 3.11. The molecule has 1 fully saturated rings. The molecule has 0 saturated heterocycles. The Bertz CT molecular complexity index is 377. The Balaban J connectivity index is 2.07. The molecule has 2 rings (SSSR count). The normalized spacial score (nSPS) is 31.2. The zero-order chi connectivity index (χ0) is 12.4. The quantitative estimate of drug-likeness (QED) is 0.825. The van der Waals surface area contributed by atoms with E-state index in [-0.39, 0.29) is 6.10 Å². The summed E-state index contributed by atoms with van der Waals surface area (Å²) in [5, 5.41) is 11.1. The summed E-state index contributed by atoms with van der Waals surface area (Å²) in [5.41, 5.74) is 0.962. The van der Waals surface area contributed by atoms with E-state index in [9.17, 15) is 5.11 Å². The molecule has 2 heteroatoms. The fourth-order valence-electron chi connectivity index (χ4n) is 2.84. The van der Waals surface area contributed by atoms with Gasteiger partial charge in [-0.25, -0.2) is 0 Å². The first-order valence-corrected chi connectivity index (χ1v) is 6.89. The SMILES string of the molecule is CC1CCC(C(O)c2cccc(Cl)c2)CC1C. The standard InChI is InChI=1S/C15H21ClO/c1-10-6-7-13(8-11(10)2)15(17)12-4-3-5-14(16)9-12/h3-5,9-11,13,15,17H,6-8H2,1-2H3. The van der Waals surface area contributed by atoms with Crippen LogP contribution >= 0.6 is 11.6 Å². The summed E-state index contributed by atoms with van der Waals surface area (Å²) < 4.78 is 0. The third-order valence-electron chi connectivity index (χ3n) is 4.28. The Morgan fingerprint density at radius 1 is 1.24 bits per heavy atom. The van der Waals surface area contributed by atoms with Crippen molar-refractivity contribution in [2.75, 3.05) is 0 Å². The van der Waals surface area contributed by atoms with E-state index in [1.807, 2.05) is 24.3 Å². The minimum absolute atomic E-state index is 0.358. The topological polar surface area (TPSA) is 20.2 Å². The highest BCUT2D eigenvalue weighted by atomic mass is 35.5. The molecule has 0 amide bonds. The van der Waals surface area contributed by atoms with E-state index >= 15 is 0 Å². The third-order valence-corrected chi connectivity index (χ3v) is 4.51. The van der Waals surface area contributed by atoms with Crippen molar-refractivity contribution in [1.82, 2.24) is 0 Å². The van der Waals surface area contributed by atoms with Gasteiger partial charge in [-0.05, 0) is 48.3 Å². The van der Waals surface area contributed by atoms with Gasteiger partial charge in [0.15, 0.2) is 0 Å². The van der Waals surface area contributed by atoms with Crippen molar-refractivity contribution in [2.45, 2.75) is 39.2 Å². The lowest BCUT2D eigenvalue weighted by Crippen LogP contribution is -2.25. The molecule has 17 heavy (non-hydrogen) atoms. The number of rotatable bonds is 2. The molecule has 4 atom stereocenters. The molecule has 1 saturated carbocycles.